The summed E-state index contributed by atoms with van der Waals surface area (Å²) in [6.07, 6.45) is 3.23. The molecule has 0 N–H and O–H groups in total. The van der Waals surface area contributed by atoms with Crippen LogP contribution in [-0.2, 0) is 6.42 Å². The fraction of sp³-hybridized carbons (Fsp3) is 0.0625. The molecule has 286 valence electrons. The fourth-order valence-electron chi connectivity index (χ4n) is 5.97. The fourth-order valence-corrected chi connectivity index (χ4v) is 5.97. The van der Waals surface area contributed by atoms with Crippen molar-refractivity contribution in [2.45, 2.75) is 20.3 Å². The van der Waals surface area contributed by atoms with Crippen LogP contribution in [0.25, 0.3) is 22.1 Å². The van der Waals surface area contributed by atoms with E-state index >= 15 is 0 Å². The van der Waals surface area contributed by atoms with Gasteiger partial charge in [0, 0.05) is 23.3 Å². The van der Waals surface area contributed by atoms with Gasteiger partial charge in [0.05, 0.1) is 27.8 Å². The Morgan fingerprint density at radius 3 is 1.45 bits per heavy atom. The highest BCUT2D eigenvalue weighted by molar-refractivity contribution is 5.99. The molecule has 58 heavy (non-hydrogen) atoms. The SMILES string of the molecule is CC(C)=CCc1c(OC(=O)c2ccccc2)cc(OC(=O)c2ccccc2)c2c(=O)c(-c3ccc(OC(=O)c4ccccc4)cc3OC(=O)c3ccccc3)coc12. The standard InChI is InChI=1S/C48H34O10/c1-30(2)23-25-37-40(57-47(52)33-19-11-5-12-20-33)28-41(58-48(53)34-21-13-6-14-22-34)42-43(49)38(29-54-44(37)42)36-26-24-35(55-45(50)31-15-7-3-8-16-31)27-39(36)56-46(51)32-17-9-4-10-18-32/h3-24,26-29H,25H2,1-2H3. The topological polar surface area (TPSA) is 135 Å². The summed E-state index contributed by atoms with van der Waals surface area (Å²) in [7, 11) is 0. The van der Waals surface area contributed by atoms with Gasteiger partial charge in [0.2, 0.25) is 5.43 Å². The summed E-state index contributed by atoms with van der Waals surface area (Å²) < 4.78 is 29.6. The summed E-state index contributed by atoms with van der Waals surface area (Å²) in [5.41, 5.74) is 1.61. The van der Waals surface area contributed by atoms with Crippen LogP contribution in [0.4, 0.5) is 0 Å². The van der Waals surface area contributed by atoms with Gasteiger partial charge in [0.25, 0.3) is 0 Å². The van der Waals surface area contributed by atoms with Gasteiger partial charge in [-0.15, -0.1) is 0 Å². The van der Waals surface area contributed by atoms with E-state index in [2.05, 4.69) is 0 Å². The Morgan fingerprint density at radius 1 is 0.517 bits per heavy atom. The first-order chi connectivity index (χ1) is 28.2. The third kappa shape index (κ3) is 8.66. The lowest BCUT2D eigenvalue weighted by Crippen LogP contribution is -2.16. The number of hydrogen-bond acceptors (Lipinski definition) is 10. The molecule has 1 heterocycles. The van der Waals surface area contributed by atoms with Crippen molar-refractivity contribution in [2.24, 2.45) is 0 Å². The predicted octanol–water partition coefficient (Wildman–Crippen LogP) is 9.85. The zero-order valence-corrected chi connectivity index (χ0v) is 31.3. The monoisotopic (exact) mass is 770 g/mol. The Balaban J connectivity index is 1.40. The molecule has 0 radical (unpaired) electrons. The normalized spacial score (nSPS) is 10.7. The van der Waals surface area contributed by atoms with E-state index in [1.165, 1.54) is 30.5 Å². The Bertz CT molecular complexity index is 2730. The lowest BCUT2D eigenvalue weighted by atomic mass is 10.00. The number of benzene rings is 6. The maximum absolute atomic E-state index is 14.9. The van der Waals surface area contributed by atoms with Crippen molar-refractivity contribution in [3.63, 3.8) is 0 Å². The van der Waals surface area contributed by atoms with E-state index in [1.807, 2.05) is 19.9 Å². The molecule has 6 aromatic carbocycles. The van der Waals surface area contributed by atoms with Gasteiger partial charge in [0.15, 0.2) is 0 Å². The first-order valence-electron chi connectivity index (χ1n) is 18.1. The number of carbonyl (C=O) groups is 4. The summed E-state index contributed by atoms with van der Waals surface area (Å²) in [6.45, 7) is 3.78. The molecular weight excluding hydrogens is 737 g/mol. The first kappa shape index (κ1) is 38.4. The quantitative estimate of drug-likeness (QED) is 0.0711. The van der Waals surface area contributed by atoms with Crippen LogP contribution in [0, 0.1) is 0 Å². The molecular formula is C48H34O10. The van der Waals surface area contributed by atoms with Crippen LogP contribution in [0.15, 0.2) is 173 Å². The second-order valence-electron chi connectivity index (χ2n) is 13.2. The molecule has 0 atom stereocenters. The van der Waals surface area contributed by atoms with Gasteiger partial charge in [-0.3, -0.25) is 4.79 Å². The molecule has 0 unspecified atom stereocenters. The van der Waals surface area contributed by atoms with Crippen molar-refractivity contribution in [1.29, 1.82) is 0 Å². The van der Waals surface area contributed by atoms with E-state index in [0.29, 0.717) is 11.1 Å². The zero-order valence-electron chi connectivity index (χ0n) is 31.3. The summed E-state index contributed by atoms with van der Waals surface area (Å²) >= 11 is 0. The lowest BCUT2D eigenvalue weighted by Gasteiger charge is -2.17. The largest absolute Gasteiger partial charge is 0.463 e. The van der Waals surface area contributed by atoms with Crippen LogP contribution in [-0.4, -0.2) is 23.9 Å². The molecule has 0 saturated carbocycles. The number of ether oxygens (including phenoxy) is 4. The Morgan fingerprint density at radius 2 is 0.966 bits per heavy atom. The maximum Gasteiger partial charge on any atom is 0.343 e. The molecule has 0 aliphatic rings. The molecule has 0 aliphatic heterocycles. The minimum Gasteiger partial charge on any atom is -0.463 e. The molecule has 0 saturated heterocycles. The van der Waals surface area contributed by atoms with Gasteiger partial charge in [-0.2, -0.15) is 0 Å². The molecule has 1 aromatic heterocycles. The first-order valence-corrected chi connectivity index (χ1v) is 18.1. The number of carbonyl (C=O) groups excluding carboxylic acids is 4. The van der Waals surface area contributed by atoms with Gasteiger partial charge >= 0.3 is 23.9 Å². The molecule has 10 nitrogen and oxygen atoms in total. The van der Waals surface area contributed by atoms with Crippen LogP contribution in [0.2, 0.25) is 0 Å². The van der Waals surface area contributed by atoms with Gasteiger partial charge < -0.3 is 23.4 Å². The summed E-state index contributed by atoms with van der Waals surface area (Å²) in [6, 6.07) is 38.6. The van der Waals surface area contributed by atoms with E-state index in [0.717, 1.165) is 5.57 Å². The second-order valence-corrected chi connectivity index (χ2v) is 13.2. The van der Waals surface area contributed by atoms with Crippen molar-refractivity contribution < 1.29 is 42.5 Å². The van der Waals surface area contributed by atoms with Crippen LogP contribution in [0.3, 0.4) is 0 Å². The Labute approximate surface area is 332 Å². The van der Waals surface area contributed by atoms with E-state index in [9.17, 15) is 24.0 Å². The number of hydrogen-bond donors (Lipinski definition) is 0. The highest BCUT2D eigenvalue weighted by atomic mass is 16.6. The van der Waals surface area contributed by atoms with E-state index in [4.69, 9.17) is 23.4 Å². The number of esters is 4. The zero-order chi connectivity index (χ0) is 40.6. The van der Waals surface area contributed by atoms with Gasteiger partial charge in [-0.25, -0.2) is 19.2 Å². The lowest BCUT2D eigenvalue weighted by molar-refractivity contribution is 0.0714. The molecule has 0 spiro atoms. The van der Waals surface area contributed by atoms with Crippen molar-refractivity contribution in [2.75, 3.05) is 0 Å². The van der Waals surface area contributed by atoms with Gasteiger partial charge in [-0.05, 0) is 80.9 Å². The number of rotatable bonds is 11. The van der Waals surface area contributed by atoms with Crippen molar-refractivity contribution in [3.05, 3.63) is 202 Å². The van der Waals surface area contributed by atoms with Crippen molar-refractivity contribution in [1.82, 2.24) is 0 Å². The smallest absolute Gasteiger partial charge is 0.343 e. The van der Waals surface area contributed by atoms with Gasteiger partial charge in [0.1, 0.15) is 40.2 Å². The Kier molecular flexibility index (Phi) is 11.5. The van der Waals surface area contributed by atoms with E-state index < -0.39 is 29.3 Å². The van der Waals surface area contributed by atoms with Crippen molar-refractivity contribution >= 4 is 34.8 Å². The number of fused-ring (bicyclic) bond motifs is 1. The molecule has 7 aromatic rings. The third-order valence-electron chi connectivity index (χ3n) is 8.89. The Hall–Kier alpha value is -7.85. The summed E-state index contributed by atoms with van der Waals surface area (Å²) in [5, 5.41) is -0.140. The van der Waals surface area contributed by atoms with Gasteiger partial charge in [-0.1, -0.05) is 84.4 Å². The second kappa shape index (κ2) is 17.3. The average Bonchev–Trinajstić information content (AvgIpc) is 3.25. The van der Waals surface area contributed by atoms with E-state index in [-0.39, 0.29) is 68.2 Å². The third-order valence-corrected chi connectivity index (χ3v) is 8.89. The highest BCUT2D eigenvalue weighted by Crippen LogP contribution is 2.39. The van der Waals surface area contributed by atoms with Crippen molar-refractivity contribution in [3.8, 4) is 34.1 Å². The van der Waals surface area contributed by atoms with Crippen LogP contribution < -0.4 is 24.4 Å². The molecule has 0 amide bonds. The maximum atomic E-state index is 14.9. The van der Waals surface area contributed by atoms with Crippen LogP contribution in [0.1, 0.15) is 60.8 Å². The average molecular weight is 771 g/mol. The summed E-state index contributed by atoms with van der Waals surface area (Å²) in [4.78, 5) is 68.2. The number of allylic oxidation sites excluding steroid dienone is 2. The van der Waals surface area contributed by atoms with Crippen LogP contribution in [0.5, 0.6) is 23.0 Å². The highest BCUT2D eigenvalue weighted by Gasteiger charge is 2.26. The van der Waals surface area contributed by atoms with Crippen LogP contribution >= 0.6 is 0 Å². The molecule has 0 bridgehead atoms. The summed E-state index contributed by atoms with van der Waals surface area (Å²) in [5.74, 6) is -3.20. The molecule has 0 fully saturated rings. The minimum atomic E-state index is -0.786. The predicted molar refractivity (Wildman–Crippen MR) is 217 cm³/mol. The minimum absolute atomic E-state index is 0.00304. The van der Waals surface area contributed by atoms with E-state index in [1.54, 1.807) is 121 Å². The molecule has 7 rings (SSSR count). The molecule has 10 heteroatoms. The molecule has 0 aliphatic carbocycles.